The van der Waals surface area contributed by atoms with Crippen LogP contribution in [0.2, 0.25) is 0 Å². The minimum Gasteiger partial charge on any atom is -0.325 e. The van der Waals surface area contributed by atoms with E-state index in [4.69, 9.17) is 0 Å². The molecule has 0 atom stereocenters. The third kappa shape index (κ3) is 4.55. The Morgan fingerprint density at radius 1 is 1.17 bits per heavy atom. The number of anilines is 1. The smallest absolute Gasteiger partial charge is 0.321 e. The molecule has 1 saturated heterocycles. The first kappa shape index (κ1) is 20.8. The van der Waals surface area contributed by atoms with E-state index in [0.717, 1.165) is 36.9 Å². The van der Waals surface area contributed by atoms with Gasteiger partial charge in [0.1, 0.15) is 11.5 Å². The van der Waals surface area contributed by atoms with E-state index in [-0.39, 0.29) is 11.7 Å². The number of nitrogens with one attached hydrogen (secondary N) is 1. The second-order valence-electron chi connectivity index (χ2n) is 7.20. The zero-order valence-corrected chi connectivity index (χ0v) is 17.4. The average molecular weight is 397 g/mol. The van der Waals surface area contributed by atoms with E-state index in [1.54, 1.807) is 29.4 Å². The standard InChI is InChI=1S/C20H22FN5O.C2H6/c1-13(2)14-9-15-12-26(24-19(15)22-11-14)18-10-16(5-6-17(18)21)23-20(27)25-7-3-4-8-25;1-2/h5-6,9-13H,3-4,7-8H2,1-2H3,(H,23,27);1-2H3. The van der Waals surface area contributed by atoms with Crippen molar-refractivity contribution in [3.05, 3.63) is 48.0 Å². The van der Waals surface area contributed by atoms with Gasteiger partial charge >= 0.3 is 6.03 Å². The number of carbonyl (C=O) groups excluding carboxylic acids is 1. The van der Waals surface area contributed by atoms with Crippen LogP contribution in [0.4, 0.5) is 14.9 Å². The zero-order chi connectivity index (χ0) is 21.0. The zero-order valence-electron chi connectivity index (χ0n) is 17.4. The van der Waals surface area contributed by atoms with Gasteiger partial charge in [-0.2, -0.15) is 0 Å². The highest BCUT2D eigenvalue weighted by Gasteiger charge is 2.18. The van der Waals surface area contributed by atoms with E-state index < -0.39 is 5.82 Å². The van der Waals surface area contributed by atoms with Crippen molar-refractivity contribution in [1.29, 1.82) is 0 Å². The summed E-state index contributed by atoms with van der Waals surface area (Å²) in [6.07, 6.45) is 5.60. The molecule has 0 aliphatic carbocycles. The molecule has 2 aromatic heterocycles. The number of hydrogen-bond donors (Lipinski definition) is 1. The number of halogens is 1. The molecule has 0 radical (unpaired) electrons. The largest absolute Gasteiger partial charge is 0.325 e. The van der Waals surface area contributed by atoms with Crippen molar-refractivity contribution >= 4 is 22.8 Å². The monoisotopic (exact) mass is 397 g/mol. The van der Waals surface area contributed by atoms with Crippen molar-refractivity contribution in [2.75, 3.05) is 18.4 Å². The van der Waals surface area contributed by atoms with E-state index in [1.807, 2.05) is 19.9 Å². The Labute approximate surface area is 170 Å². The molecule has 0 bridgehead atoms. The van der Waals surface area contributed by atoms with Crippen LogP contribution in [0.1, 0.15) is 52.0 Å². The number of aromatic nitrogens is 3. The highest BCUT2D eigenvalue weighted by molar-refractivity contribution is 5.89. The fourth-order valence-corrected chi connectivity index (χ4v) is 3.26. The summed E-state index contributed by atoms with van der Waals surface area (Å²) >= 11 is 0. The number of hydrogen-bond acceptors (Lipinski definition) is 3. The summed E-state index contributed by atoms with van der Waals surface area (Å²) < 4.78 is 15.9. The van der Waals surface area contributed by atoms with Crippen LogP contribution >= 0.6 is 0 Å². The second-order valence-corrected chi connectivity index (χ2v) is 7.20. The first-order valence-electron chi connectivity index (χ1n) is 10.2. The van der Waals surface area contributed by atoms with Crippen molar-refractivity contribution in [2.24, 2.45) is 0 Å². The number of rotatable bonds is 3. The molecule has 1 N–H and O–H groups in total. The van der Waals surface area contributed by atoms with Gasteiger partial charge in [0.15, 0.2) is 5.65 Å². The Morgan fingerprint density at radius 2 is 1.90 bits per heavy atom. The number of nitrogens with zero attached hydrogens (tertiary/aromatic N) is 4. The topological polar surface area (TPSA) is 63.1 Å². The normalized spacial score (nSPS) is 13.5. The molecule has 3 heterocycles. The minimum absolute atomic E-state index is 0.154. The maximum absolute atomic E-state index is 14.4. The Balaban J connectivity index is 0.00000117. The van der Waals surface area contributed by atoms with Crippen LogP contribution in [-0.2, 0) is 0 Å². The SMILES string of the molecule is CC.CC(C)c1cnc2nn(-c3cc(NC(=O)N4CCCC4)ccc3F)cc2c1. The quantitative estimate of drug-likeness (QED) is 0.649. The maximum atomic E-state index is 14.4. The molecule has 0 saturated carbocycles. The lowest BCUT2D eigenvalue weighted by Crippen LogP contribution is -2.32. The second kappa shape index (κ2) is 9.03. The van der Waals surface area contributed by atoms with Crippen LogP contribution in [0.25, 0.3) is 16.7 Å². The molecule has 1 aliphatic heterocycles. The molecule has 1 aromatic carbocycles. The fraction of sp³-hybridized carbons (Fsp3) is 0.409. The molecular formula is C22H28FN5O. The first-order valence-corrected chi connectivity index (χ1v) is 10.2. The number of urea groups is 1. The van der Waals surface area contributed by atoms with Gasteiger partial charge in [0, 0.05) is 36.6 Å². The molecule has 3 aromatic rings. The Hall–Kier alpha value is -2.96. The van der Waals surface area contributed by atoms with Crippen LogP contribution in [0.15, 0.2) is 36.7 Å². The van der Waals surface area contributed by atoms with Crippen molar-refractivity contribution in [3.63, 3.8) is 0 Å². The highest BCUT2D eigenvalue weighted by atomic mass is 19.1. The van der Waals surface area contributed by atoms with E-state index in [1.165, 1.54) is 10.7 Å². The third-order valence-electron chi connectivity index (χ3n) is 4.88. The Kier molecular flexibility index (Phi) is 6.46. The highest BCUT2D eigenvalue weighted by Crippen LogP contribution is 2.23. The van der Waals surface area contributed by atoms with Crippen molar-refractivity contribution in [3.8, 4) is 5.69 Å². The number of carbonyl (C=O) groups is 1. The first-order chi connectivity index (χ1) is 14.0. The van der Waals surface area contributed by atoms with Gasteiger partial charge in [-0.25, -0.2) is 18.9 Å². The number of likely N-dealkylation sites (tertiary alicyclic amines) is 1. The van der Waals surface area contributed by atoms with Gasteiger partial charge in [0.05, 0.1) is 0 Å². The molecule has 29 heavy (non-hydrogen) atoms. The van der Waals surface area contributed by atoms with Gasteiger partial charge in [-0.05, 0) is 48.6 Å². The molecule has 4 rings (SSSR count). The Morgan fingerprint density at radius 3 is 2.59 bits per heavy atom. The van der Waals surface area contributed by atoms with Gasteiger partial charge in [-0.3, -0.25) is 0 Å². The van der Waals surface area contributed by atoms with Gasteiger partial charge in [-0.1, -0.05) is 27.7 Å². The Bertz CT molecular complexity index is 992. The molecule has 0 unspecified atom stereocenters. The third-order valence-corrected chi connectivity index (χ3v) is 4.88. The predicted molar refractivity (Wildman–Crippen MR) is 114 cm³/mol. The summed E-state index contributed by atoms with van der Waals surface area (Å²) in [5.41, 5.74) is 2.48. The number of benzene rings is 1. The fourth-order valence-electron chi connectivity index (χ4n) is 3.26. The summed E-state index contributed by atoms with van der Waals surface area (Å²) in [5.74, 6) is -0.0582. The lowest BCUT2D eigenvalue weighted by molar-refractivity contribution is 0.222. The molecular weight excluding hydrogens is 369 g/mol. The van der Waals surface area contributed by atoms with Gasteiger partial charge in [0.2, 0.25) is 0 Å². The summed E-state index contributed by atoms with van der Waals surface area (Å²) in [7, 11) is 0. The van der Waals surface area contributed by atoms with E-state index in [2.05, 4.69) is 29.2 Å². The molecule has 2 amide bonds. The minimum atomic E-state index is -0.411. The van der Waals surface area contributed by atoms with Crippen LogP contribution in [0, 0.1) is 5.82 Å². The molecule has 1 aliphatic rings. The van der Waals surface area contributed by atoms with Crippen LogP contribution in [0.3, 0.4) is 0 Å². The predicted octanol–water partition coefficient (Wildman–Crippen LogP) is 5.34. The molecule has 6 nitrogen and oxygen atoms in total. The van der Waals surface area contributed by atoms with E-state index in [0.29, 0.717) is 17.3 Å². The summed E-state index contributed by atoms with van der Waals surface area (Å²) in [5, 5.41) is 8.08. The summed E-state index contributed by atoms with van der Waals surface area (Å²) in [6, 6.07) is 6.37. The number of amides is 2. The van der Waals surface area contributed by atoms with Gasteiger partial charge < -0.3 is 10.2 Å². The number of fused-ring (bicyclic) bond motifs is 1. The average Bonchev–Trinajstić information content (AvgIpc) is 3.40. The van der Waals surface area contributed by atoms with E-state index in [9.17, 15) is 9.18 Å². The summed E-state index contributed by atoms with van der Waals surface area (Å²) in [6.45, 7) is 9.71. The van der Waals surface area contributed by atoms with Crippen molar-refractivity contribution in [2.45, 2.75) is 46.5 Å². The van der Waals surface area contributed by atoms with E-state index >= 15 is 0 Å². The van der Waals surface area contributed by atoms with Crippen molar-refractivity contribution in [1.82, 2.24) is 19.7 Å². The maximum Gasteiger partial charge on any atom is 0.321 e. The lowest BCUT2D eigenvalue weighted by Gasteiger charge is -2.16. The molecule has 7 heteroatoms. The summed E-state index contributed by atoms with van der Waals surface area (Å²) in [4.78, 5) is 18.4. The van der Waals surface area contributed by atoms with Gasteiger partial charge in [0.25, 0.3) is 0 Å². The molecule has 154 valence electrons. The lowest BCUT2D eigenvalue weighted by atomic mass is 10.1. The van der Waals surface area contributed by atoms with Crippen LogP contribution in [-0.4, -0.2) is 38.8 Å². The molecule has 1 fully saturated rings. The van der Waals surface area contributed by atoms with Crippen LogP contribution in [0.5, 0.6) is 0 Å². The molecule has 0 spiro atoms. The van der Waals surface area contributed by atoms with Crippen LogP contribution < -0.4 is 5.32 Å². The van der Waals surface area contributed by atoms with Gasteiger partial charge in [-0.15, -0.1) is 5.10 Å². The number of pyridine rings is 1. The van der Waals surface area contributed by atoms with Crippen molar-refractivity contribution < 1.29 is 9.18 Å².